The number of aromatic nitrogens is 2. The molecule has 0 spiro atoms. The van der Waals surface area contributed by atoms with Gasteiger partial charge < -0.3 is 15.5 Å². The van der Waals surface area contributed by atoms with Gasteiger partial charge in [-0.3, -0.25) is 4.79 Å². The Bertz CT molecular complexity index is 1210. The first kappa shape index (κ1) is 28.0. The SMILES string of the molecule is CCCCN(CC(=O)Nc1cc(C(C)(C)C)nn1-c1cccc(C)c1)C(=O)Nc1ccc(C(C)C)cc1. The monoisotopic (exact) mass is 503 g/mol. The van der Waals surface area contributed by atoms with Gasteiger partial charge in [0, 0.05) is 23.7 Å². The van der Waals surface area contributed by atoms with Crippen molar-refractivity contribution in [1.82, 2.24) is 14.7 Å². The fourth-order valence-corrected chi connectivity index (χ4v) is 3.90. The fraction of sp³-hybridized carbons (Fsp3) is 0.433. The lowest BCUT2D eigenvalue weighted by molar-refractivity contribution is -0.116. The van der Waals surface area contributed by atoms with E-state index in [1.165, 1.54) is 5.56 Å². The molecule has 7 nitrogen and oxygen atoms in total. The van der Waals surface area contributed by atoms with Gasteiger partial charge in [-0.15, -0.1) is 0 Å². The largest absolute Gasteiger partial charge is 0.322 e. The highest BCUT2D eigenvalue weighted by Gasteiger charge is 2.23. The zero-order chi connectivity index (χ0) is 27.2. The van der Waals surface area contributed by atoms with Crippen LogP contribution in [0.4, 0.5) is 16.3 Å². The van der Waals surface area contributed by atoms with Crippen LogP contribution >= 0.6 is 0 Å². The van der Waals surface area contributed by atoms with Gasteiger partial charge in [-0.1, -0.05) is 72.2 Å². The number of carbonyl (C=O) groups excluding carboxylic acids is 2. The summed E-state index contributed by atoms with van der Waals surface area (Å²) < 4.78 is 1.76. The van der Waals surface area contributed by atoms with Gasteiger partial charge in [0.2, 0.25) is 5.91 Å². The lowest BCUT2D eigenvalue weighted by Crippen LogP contribution is -2.41. The first-order valence-corrected chi connectivity index (χ1v) is 13.1. The Hall–Kier alpha value is -3.61. The molecule has 3 rings (SSSR count). The maximum atomic E-state index is 13.2. The van der Waals surface area contributed by atoms with Gasteiger partial charge in [-0.05, 0) is 54.7 Å². The molecular formula is C30H41N5O2. The lowest BCUT2D eigenvalue weighted by Gasteiger charge is -2.23. The topological polar surface area (TPSA) is 79.3 Å². The van der Waals surface area contributed by atoms with Crippen LogP contribution in [0, 0.1) is 6.92 Å². The molecule has 0 fully saturated rings. The number of benzene rings is 2. The second kappa shape index (κ2) is 12.1. The van der Waals surface area contributed by atoms with Gasteiger partial charge in [0.15, 0.2) is 0 Å². The van der Waals surface area contributed by atoms with E-state index in [9.17, 15) is 9.59 Å². The molecule has 2 aromatic carbocycles. The molecule has 1 heterocycles. The third-order valence-electron chi connectivity index (χ3n) is 6.22. The molecule has 198 valence electrons. The van der Waals surface area contributed by atoms with Gasteiger partial charge >= 0.3 is 6.03 Å². The zero-order valence-corrected chi connectivity index (χ0v) is 23.3. The van der Waals surface area contributed by atoms with Gasteiger partial charge in [0.05, 0.1) is 11.4 Å². The number of hydrogen-bond acceptors (Lipinski definition) is 3. The van der Waals surface area contributed by atoms with Crippen LogP contribution in [0.25, 0.3) is 5.69 Å². The number of nitrogens with one attached hydrogen (secondary N) is 2. The number of unbranched alkanes of at least 4 members (excludes halogenated alkanes) is 1. The second-order valence-corrected chi connectivity index (χ2v) is 10.9. The summed E-state index contributed by atoms with van der Waals surface area (Å²) in [5.74, 6) is 0.734. The molecule has 37 heavy (non-hydrogen) atoms. The highest BCUT2D eigenvalue weighted by molar-refractivity contribution is 5.96. The van der Waals surface area contributed by atoms with Crippen LogP contribution in [-0.2, 0) is 10.2 Å². The molecule has 0 radical (unpaired) electrons. The van der Waals surface area contributed by atoms with Crippen LogP contribution in [0.2, 0.25) is 0 Å². The Morgan fingerprint density at radius 2 is 1.73 bits per heavy atom. The molecule has 0 atom stereocenters. The maximum absolute atomic E-state index is 13.2. The molecule has 3 amide bonds. The molecule has 7 heteroatoms. The average Bonchev–Trinajstić information content (AvgIpc) is 3.26. The third-order valence-corrected chi connectivity index (χ3v) is 6.22. The summed E-state index contributed by atoms with van der Waals surface area (Å²) in [6.07, 6.45) is 1.73. The summed E-state index contributed by atoms with van der Waals surface area (Å²) in [5.41, 5.74) is 4.58. The Morgan fingerprint density at radius 3 is 2.32 bits per heavy atom. The highest BCUT2D eigenvalue weighted by atomic mass is 16.2. The minimum absolute atomic E-state index is 0.0558. The van der Waals surface area contributed by atoms with Gasteiger partial charge in [-0.25, -0.2) is 9.48 Å². The van der Waals surface area contributed by atoms with Crippen molar-refractivity contribution in [3.05, 3.63) is 71.4 Å². The summed E-state index contributed by atoms with van der Waals surface area (Å²) in [6.45, 7) is 15.1. The summed E-state index contributed by atoms with van der Waals surface area (Å²) in [7, 11) is 0. The van der Waals surface area contributed by atoms with Crippen LogP contribution in [-0.4, -0.2) is 39.7 Å². The number of carbonyl (C=O) groups is 2. The number of hydrogen-bond donors (Lipinski definition) is 2. The lowest BCUT2D eigenvalue weighted by atomic mass is 9.92. The van der Waals surface area contributed by atoms with Crippen LogP contribution in [0.15, 0.2) is 54.6 Å². The number of rotatable bonds is 9. The summed E-state index contributed by atoms with van der Waals surface area (Å²) in [6, 6.07) is 17.4. The molecular weight excluding hydrogens is 462 g/mol. The Kier molecular flexibility index (Phi) is 9.14. The van der Waals surface area contributed by atoms with E-state index in [4.69, 9.17) is 5.10 Å². The van der Waals surface area contributed by atoms with Crippen molar-refractivity contribution in [1.29, 1.82) is 0 Å². The van der Waals surface area contributed by atoms with Gasteiger partial charge in [0.25, 0.3) is 0 Å². The standard InChI is InChI=1S/C30H41N5O2/c1-8-9-17-34(29(37)31-24-15-13-23(14-16-24)21(2)3)20-28(36)32-27-19-26(30(5,6)7)33-35(27)25-12-10-11-22(4)18-25/h10-16,18-19,21H,8-9,17,20H2,1-7H3,(H,31,37)(H,32,36). The number of aryl methyl sites for hydroxylation is 1. The van der Waals surface area contributed by atoms with Crippen LogP contribution in [0.3, 0.4) is 0 Å². The van der Waals surface area contributed by atoms with Gasteiger partial charge in [-0.2, -0.15) is 5.10 Å². The number of amides is 3. The molecule has 3 aromatic rings. The third kappa shape index (κ3) is 7.68. The van der Waals surface area contributed by atoms with E-state index in [0.29, 0.717) is 24.0 Å². The molecule has 0 aliphatic heterocycles. The fourth-order valence-electron chi connectivity index (χ4n) is 3.90. The normalized spacial score (nSPS) is 11.5. The van der Waals surface area contributed by atoms with Crippen molar-refractivity contribution in [2.75, 3.05) is 23.7 Å². The predicted molar refractivity (Wildman–Crippen MR) is 152 cm³/mol. The maximum Gasteiger partial charge on any atom is 0.322 e. The molecule has 0 saturated heterocycles. The van der Waals surface area contributed by atoms with Crippen molar-refractivity contribution in [2.24, 2.45) is 0 Å². The zero-order valence-electron chi connectivity index (χ0n) is 23.3. The number of nitrogens with zero attached hydrogens (tertiary/aromatic N) is 3. The minimum Gasteiger partial charge on any atom is -0.315 e. The quantitative estimate of drug-likeness (QED) is 0.334. The summed E-state index contributed by atoms with van der Waals surface area (Å²) >= 11 is 0. The molecule has 2 N–H and O–H groups in total. The Balaban J connectivity index is 1.78. The molecule has 0 unspecified atom stereocenters. The van der Waals surface area contributed by atoms with E-state index < -0.39 is 0 Å². The van der Waals surface area contributed by atoms with Crippen LogP contribution in [0.5, 0.6) is 0 Å². The molecule has 0 aliphatic carbocycles. The first-order valence-electron chi connectivity index (χ1n) is 13.1. The van der Waals surface area contributed by atoms with E-state index in [0.717, 1.165) is 29.8 Å². The molecule has 0 saturated carbocycles. The van der Waals surface area contributed by atoms with E-state index in [-0.39, 0.29) is 23.9 Å². The van der Waals surface area contributed by atoms with Crippen molar-refractivity contribution in [3.63, 3.8) is 0 Å². The summed E-state index contributed by atoms with van der Waals surface area (Å²) in [5, 5.41) is 10.7. The van der Waals surface area contributed by atoms with E-state index in [1.54, 1.807) is 9.58 Å². The van der Waals surface area contributed by atoms with Gasteiger partial charge in [0.1, 0.15) is 12.4 Å². The van der Waals surface area contributed by atoms with E-state index in [2.05, 4.69) is 52.2 Å². The van der Waals surface area contributed by atoms with Crippen molar-refractivity contribution >= 4 is 23.4 Å². The number of urea groups is 1. The predicted octanol–water partition coefficient (Wildman–Crippen LogP) is 6.87. The van der Waals surface area contributed by atoms with Crippen molar-refractivity contribution in [2.45, 2.75) is 72.6 Å². The highest BCUT2D eigenvalue weighted by Crippen LogP contribution is 2.26. The smallest absolute Gasteiger partial charge is 0.315 e. The number of anilines is 2. The van der Waals surface area contributed by atoms with Crippen LogP contribution in [0.1, 0.15) is 77.1 Å². The molecule has 0 aliphatic rings. The van der Waals surface area contributed by atoms with Crippen LogP contribution < -0.4 is 10.6 Å². The molecule has 0 bridgehead atoms. The average molecular weight is 504 g/mol. The summed E-state index contributed by atoms with van der Waals surface area (Å²) in [4.78, 5) is 27.9. The van der Waals surface area contributed by atoms with Crippen molar-refractivity contribution in [3.8, 4) is 5.69 Å². The minimum atomic E-state index is -0.288. The van der Waals surface area contributed by atoms with Crippen molar-refractivity contribution < 1.29 is 9.59 Å². The Labute approximate surface area is 221 Å². The van der Waals surface area contributed by atoms with E-state index >= 15 is 0 Å². The Morgan fingerprint density at radius 1 is 1.03 bits per heavy atom. The second-order valence-electron chi connectivity index (χ2n) is 10.9. The first-order chi connectivity index (χ1) is 17.5. The van der Waals surface area contributed by atoms with E-state index in [1.807, 2.05) is 61.5 Å². The molecule has 1 aromatic heterocycles.